The minimum atomic E-state index is 0.0436. The minimum Gasteiger partial charge on any atom is -0.460 e. The number of furan rings is 1. The van der Waals surface area contributed by atoms with Gasteiger partial charge in [0.15, 0.2) is 0 Å². The third-order valence-electron chi connectivity index (χ3n) is 2.58. The topological polar surface area (TPSA) is 54.3 Å². The van der Waals surface area contributed by atoms with Crippen molar-refractivity contribution in [2.45, 2.75) is 13.0 Å². The van der Waals surface area contributed by atoms with Crippen molar-refractivity contribution >= 4 is 16.9 Å². The lowest BCUT2D eigenvalue weighted by molar-refractivity contribution is -0.120. The van der Waals surface area contributed by atoms with E-state index in [1.165, 1.54) is 0 Å². The third-order valence-corrected chi connectivity index (χ3v) is 2.58. The van der Waals surface area contributed by atoms with Gasteiger partial charge in [0.25, 0.3) is 0 Å². The number of para-hydroxylation sites is 1. The van der Waals surface area contributed by atoms with Crippen LogP contribution in [0, 0.1) is 0 Å². The van der Waals surface area contributed by atoms with E-state index in [9.17, 15) is 4.79 Å². The summed E-state index contributed by atoms with van der Waals surface area (Å²) >= 11 is 0. The number of nitrogens with one attached hydrogen (secondary N) is 2. The molecule has 0 aliphatic carbocycles. The van der Waals surface area contributed by atoms with E-state index in [4.69, 9.17) is 4.42 Å². The molecule has 2 rings (SSSR count). The first-order chi connectivity index (χ1) is 8.29. The molecule has 17 heavy (non-hydrogen) atoms. The van der Waals surface area contributed by atoms with Crippen molar-refractivity contribution in [2.75, 3.05) is 13.6 Å². The first-order valence-electron chi connectivity index (χ1n) is 5.68. The second kappa shape index (κ2) is 5.50. The molecule has 1 aromatic carbocycles. The normalized spacial score (nSPS) is 10.6. The number of hydrogen-bond acceptors (Lipinski definition) is 3. The molecule has 2 N–H and O–H groups in total. The molecule has 0 aliphatic rings. The Morgan fingerprint density at radius 3 is 2.94 bits per heavy atom. The summed E-state index contributed by atoms with van der Waals surface area (Å²) in [6.45, 7) is 1.29. The van der Waals surface area contributed by atoms with E-state index in [1.54, 1.807) is 7.05 Å². The predicted molar refractivity (Wildman–Crippen MR) is 66.6 cm³/mol. The molecule has 0 spiro atoms. The van der Waals surface area contributed by atoms with Crippen molar-refractivity contribution in [3.63, 3.8) is 0 Å². The molecule has 90 valence electrons. The molecule has 1 amide bonds. The van der Waals surface area contributed by atoms with Crippen molar-refractivity contribution < 1.29 is 9.21 Å². The van der Waals surface area contributed by atoms with Gasteiger partial charge >= 0.3 is 0 Å². The third kappa shape index (κ3) is 3.07. The average molecular weight is 232 g/mol. The van der Waals surface area contributed by atoms with Crippen LogP contribution in [-0.2, 0) is 11.3 Å². The maximum atomic E-state index is 11.0. The zero-order valence-corrected chi connectivity index (χ0v) is 9.82. The molecule has 0 aliphatic heterocycles. The van der Waals surface area contributed by atoms with E-state index in [1.807, 2.05) is 30.3 Å². The Morgan fingerprint density at radius 2 is 2.18 bits per heavy atom. The summed E-state index contributed by atoms with van der Waals surface area (Å²) in [6.07, 6.45) is 0.483. The van der Waals surface area contributed by atoms with E-state index in [2.05, 4.69) is 10.6 Å². The van der Waals surface area contributed by atoms with Gasteiger partial charge in [0.1, 0.15) is 11.3 Å². The molecule has 0 fully saturated rings. The number of hydrogen-bond donors (Lipinski definition) is 2. The monoisotopic (exact) mass is 232 g/mol. The van der Waals surface area contributed by atoms with Gasteiger partial charge in [-0.3, -0.25) is 4.79 Å². The summed E-state index contributed by atoms with van der Waals surface area (Å²) in [5.74, 6) is 0.935. The summed E-state index contributed by atoms with van der Waals surface area (Å²) in [4.78, 5) is 11.0. The number of fused-ring (bicyclic) bond motifs is 1. The number of rotatable bonds is 5. The van der Waals surface area contributed by atoms with Crippen LogP contribution in [0.5, 0.6) is 0 Å². The Labute approximate surface area is 100.0 Å². The summed E-state index contributed by atoms with van der Waals surface area (Å²) in [5, 5.41) is 6.86. The molecule has 0 saturated heterocycles. The second-order valence-corrected chi connectivity index (χ2v) is 3.85. The van der Waals surface area contributed by atoms with E-state index in [0.717, 1.165) is 16.7 Å². The highest BCUT2D eigenvalue weighted by molar-refractivity contribution is 5.77. The zero-order chi connectivity index (χ0) is 12.1. The van der Waals surface area contributed by atoms with Gasteiger partial charge in [-0.05, 0) is 12.1 Å². The Kier molecular flexibility index (Phi) is 3.77. The lowest BCUT2D eigenvalue weighted by Gasteiger charge is -2.01. The van der Waals surface area contributed by atoms with Gasteiger partial charge < -0.3 is 15.1 Å². The largest absolute Gasteiger partial charge is 0.460 e. The van der Waals surface area contributed by atoms with Crippen LogP contribution in [0.4, 0.5) is 0 Å². The molecule has 0 unspecified atom stereocenters. The molecule has 1 heterocycles. The number of carbonyl (C=O) groups is 1. The average Bonchev–Trinajstić information content (AvgIpc) is 2.76. The smallest absolute Gasteiger partial charge is 0.221 e. The van der Waals surface area contributed by atoms with Crippen LogP contribution < -0.4 is 10.6 Å². The quantitative estimate of drug-likeness (QED) is 0.771. The van der Waals surface area contributed by atoms with Crippen LogP contribution in [0.25, 0.3) is 11.0 Å². The number of amides is 1. The maximum Gasteiger partial charge on any atom is 0.221 e. The van der Waals surface area contributed by atoms with Gasteiger partial charge in [-0.2, -0.15) is 0 Å². The van der Waals surface area contributed by atoms with Crippen molar-refractivity contribution in [2.24, 2.45) is 0 Å². The molecule has 0 radical (unpaired) electrons. The van der Waals surface area contributed by atoms with Crippen LogP contribution >= 0.6 is 0 Å². The minimum absolute atomic E-state index is 0.0436. The number of carbonyl (C=O) groups excluding carboxylic acids is 1. The molecule has 0 bridgehead atoms. The van der Waals surface area contributed by atoms with Crippen LogP contribution in [0.15, 0.2) is 34.7 Å². The highest BCUT2D eigenvalue weighted by Gasteiger charge is 2.02. The van der Waals surface area contributed by atoms with Crippen LogP contribution in [0.1, 0.15) is 12.2 Å². The van der Waals surface area contributed by atoms with Gasteiger partial charge in [0, 0.05) is 25.4 Å². The van der Waals surface area contributed by atoms with E-state index < -0.39 is 0 Å². The van der Waals surface area contributed by atoms with E-state index in [0.29, 0.717) is 19.5 Å². The van der Waals surface area contributed by atoms with Crippen LogP contribution in [0.3, 0.4) is 0 Å². The van der Waals surface area contributed by atoms with Gasteiger partial charge in [0.05, 0.1) is 6.54 Å². The first-order valence-corrected chi connectivity index (χ1v) is 5.68. The van der Waals surface area contributed by atoms with Crippen molar-refractivity contribution in [3.05, 3.63) is 36.1 Å². The fourth-order valence-corrected chi connectivity index (χ4v) is 1.66. The summed E-state index contributed by atoms with van der Waals surface area (Å²) in [5.41, 5.74) is 0.899. The fourth-order valence-electron chi connectivity index (χ4n) is 1.66. The second-order valence-electron chi connectivity index (χ2n) is 3.85. The molecule has 1 aromatic heterocycles. The van der Waals surface area contributed by atoms with E-state index >= 15 is 0 Å². The Hall–Kier alpha value is -1.81. The molecule has 4 heteroatoms. The molecular formula is C13H16N2O2. The van der Waals surface area contributed by atoms with Gasteiger partial charge in [-0.25, -0.2) is 0 Å². The molecule has 4 nitrogen and oxygen atoms in total. The predicted octanol–water partition coefficient (Wildman–Crippen LogP) is 1.66. The van der Waals surface area contributed by atoms with E-state index in [-0.39, 0.29) is 5.91 Å². The van der Waals surface area contributed by atoms with Gasteiger partial charge in [-0.1, -0.05) is 18.2 Å². The molecule has 2 aromatic rings. The lowest BCUT2D eigenvalue weighted by atomic mass is 10.2. The SMILES string of the molecule is CNC(=O)CCNCc1cc2ccccc2o1. The maximum absolute atomic E-state index is 11.0. The highest BCUT2D eigenvalue weighted by atomic mass is 16.3. The number of benzene rings is 1. The molecule has 0 atom stereocenters. The first kappa shape index (κ1) is 11.7. The van der Waals surface area contributed by atoms with Crippen molar-refractivity contribution in [1.29, 1.82) is 0 Å². The molecule has 0 saturated carbocycles. The summed E-state index contributed by atoms with van der Waals surface area (Å²) < 4.78 is 5.64. The summed E-state index contributed by atoms with van der Waals surface area (Å²) in [7, 11) is 1.64. The van der Waals surface area contributed by atoms with Gasteiger partial charge in [-0.15, -0.1) is 0 Å². The summed E-state index contributed by atoms with van der Waals surface area (Å²) in [6, 6.07) is 9.92. The van der Waals surface area contributed by atoms with Crippen LogP contribution in [0.2, 0.25) is 0 Å². The Balaban J connectivity index is 1.85. The molecular weight excluding hydrogens is 216 g/mol. The Morgan fingerprint density at radius 1 is 1.35 bits per heavy atom. The lowest BCUT2D eigenvalue weighted by Crippen LogP contribution is -2.24. The van der Waals surface area contributed by atoms with Crippen molar-refractivity contribution in [1.82, 2.24) is 10.6 Å². The Bertz CT molecular complexity index is 472. The zero-order valence-electron chi connectivity index (χ0n) is 9.82. The highest BCUT2D eigenvalue weighted by Crippen LogP contribution is 2.18. The van der Waals surface area contributed by atoms with Crippen LogP contribution in [-0.4, -0.2) is 19.5 Å². The van der Waals surface area contributed by atoms with Gasteiger partial charge in [0.2, 0.25) is 5.91 Å². The standard InChI is InChI=1S/C13H16N2O2/c1-14-13(16)6-7-15-9-11-8-10-4-2-3-5-12(10)17-11/h2-5,8,15H,6-7,9H2,1H3,(H,14,16). The van der Waals surface area contributed by atoms with Crippen molar-refractivity contribution in [3.8, 4) is 0 Å². The fraction of sp³-hybridized carbons (Fsp3) is 0.308.